The van der Waals surface area contributed by atoms with Crippen molar-refractivity contribution in [3.63, 3.8) is 0 Å². The van der Waals surface area contributed by atoms with Gasteiger partial charge in [-0.15, -0.1) is 0 Å². The summed E-state index contributed by atoms with van der Waals surface area (Å²) in [4.78, 5) is 26.5. The predicted octanol–water partition coefficient (Wildman–Crippen LogP) is 1.43. The first-order chi connectivity index (χ1) is 11.7. The molecule has 1 aliphatic rings. The van der Waals surface area contributed by atoms with E-state index in [1.807, 2.05) is 24.3 Å². The third-order valence-corrected chi connectivity index (χ3v) is 3.78. The van der Waals surface area contributed by atoms with Crippen molar-refractivity contribution in [3.8, 4) is 0 Å². The third kappa shape index (κ3) is 7.96. The lowest BCUT2D eigenvalue weighted by Crippen LogP contribution is -2.46. The average Bonchev–Trinajstić information content (AvgIpc) is 3.08. The van der Waals surface area contributed by atoms with Gasteiger partial charge in [0, 0.05) is 51.8 Å². The molecule has 0 aliphatic carbocycles. The molecule has 0 bridgehead atoms. The van der Waals surface area contributed by atoms with Crippen LogP contribution < -0.4 is 5.32 Å². The molecular weight excluding hydrogens is 312 g/mol. The number of likely N-dealkylation sites (tertiary alicyclic amines) is 1. The number of urea groups is 1. The molecule has 24 heavy (non-hydrogen) atoms. The number of imidazole rings is 1. The standard InChI is InChI=1S/C15H26N4O2.CH2O2/c1-2-21-10-4-6-17-15(20)19-8-3-5-14(12-19)11-18-9-7-16-13-18;2-1-3/h7,9,13-14H,2-6,8,10-12H2,1H3,(H,17,20);1H,(H,2,3). The van der Waals surface area contributed by atoms with Crippen molar-refractivity contribution in [1.82, 2.24) is 19.8 Å². The van der Waals surface area contributed by atoms with Crippen LogP contribution in [-0.4, -0.2) is 64.9 Å². The molecule has 0 spiro atoms. The Balaban J connectivity index is 0.000000891. The van der Waals surface area contributed by atoms with Crippen molar-refractivity contribution in [3.05, 3.63) is 18.7 Å². The molecule has 0 saturated carbocycles. The maximum Gasteiger partial charge on any atom is 0.317 e. The van der Waals surface area contributed by atoms with Crippen LogP contribution >= 0.6 is 0 Å². The third-order valence-electron chi connectivity index (χ3n) is 3.78. The summed E-state index contributed by atoms with van der Waals surface area (Å²) in [5, 5.41) is 9.87. The second-order valence-corrected chi connectivity index (χ2v) is 5.60. The fourth-order valence-electron chi connectivity index (χ4n) is 2.72. The molecule has 1 saturated heterocycles. The van der Waals surface area contributed by atoms with Gasteiger partial charge in [-0.3, -0.25) is 4.79 Å². The molecule has 1 fully saturated rings. The topological polar surface area (TPSA) is 96.7 Å². The van der Waals surface area contributed by atoms with E-state index in [0.717, 1.165) is 39.1 Å². The molecule has 8 heteroatoms. The normalized spacial score (nSPS) is 16.9. The number of carbonyl (C=O) groups is 2. The Morgan fingerprint density at radius 3 is 3.00 bits per heavy atom. The van der Waals surface area contributed by atoms with Gasteiger partial charge in [0.2, 0.25) is 0 Å². The van der Waals surface area contributed by atoms with Gasteiger partial charge in [-0.05, 0) is 32.1 Å². The Hall–Kier alpha value is -2.09. The zero-order valence-electron chi connectivity index (χ0n) is 14.3. The Bertz CT molecular complexity index is 453. The van der Waals surface area contributed by atoms with Gasteiger partial charge in [-0.25, -0.2) is 9.78 Å². The molecular formula is C16H28N4O4. The van der Waals surface area contributed by atoms with E-state index in [1.54, 1.807) is 6.20 Å². The molecule has 2 rings (SSSR count). The van der Waals surface area contributed by atoms with Crippen LogP contribution in [0.3, 0.4) is 0 Å². The van der Waals surface area contributed by atoms with E-state index in [1.165, 1.54) is 6.42 Å². The van der Waals surface area contributed by atoms with Crippen molar-refractivity contribution in [1.29, 1.82) is 0 Å². The highest BCUT2D eigenvalue weighted by Gasteiger charge is 2.23. The van der Waals surface area contributed by atoms with Crippen LogP contribution in [0.4, 0.5) is 4.79 Å². The highest BCUT2D eigenvalue weighted by Crippen LogP contribution is 2.18. The Morgan fingerprint density at radius 1 is 1.54 bits per heavy atom. The van der Waals surface area contributed by atoms with Gasteiger partial charge >= 0.3 is 6.03 Å². The first-order valence-electron chi connectivity index (χ1n) is 8.35. The highest BCUT2D eigenvalue weighted by molar-refractivity contribution is 5.74. The number of carbonyl (C=O) groups excluding carboxylic acids is 1. The Morgan fingerprint density at radius 2 is 2.33 bits per heavy atom. The monoisotopic (exact) mass is 340 g/mol. The van der Waals surface area contributed by atoms with Crippen LogP contribution in [-0.2, 0) is 16.1 Å². The van der Waals surface area contributed by atoms with Crippen LogP contribution in [0, 0.1) is 5.92 Å². The number of rotatable bonds is 7. The lowest BCUT2D eigenvalue weighted by atomic mass is 9.98. The van der Waals surface area contributed by atoms with Crippen molar-refractivity contribution in [2.24, 2.45) is 5.92 Å². The van der Waals surface area contributed by atoms with E-state index in [0.29, 0.717) is 19.1 Å². The summed E-state index contributed by atoms with van der Waals surface area (Å²) in [6.45, 7) is 6.48. The van der Waals surface area contributed by atoms with Crippen LogP contribution in [0.5, 0.6) is 0 Å². The van der Waals surface area contributed by atoms with Crippen LogP contribution in [0.15, 0.2) is 18.7 Å². The molecule has 2 N–H and O–H groups in total. The number of aromatic nitrogens is 2. The number of piperidine rings is 1. The molecule has 2 amide bonds. The van der Waals surface area contributed by atoms with Crippen LogP contribution in [0.2, 0.25) is 0 Å². The molecule has 136 valence electrons. The van der Waals surface area contributed by atoms with E-state index in [9.17, 15) is 4.79 Å². The fraction of sp³-hybridized carbons (Fsp3) is 0.688. The van der Waals surface area contributed by atoms with Crippen LogP contribution in [0.25, 0.3) is 0 Å². The number of ether oxygens (including phenoxy) is 1. The zero-order valence-corrected chi connectivity index (χ0v) is 14.3. The molecule has 1 aromatic heterocycles. The largest absolute Gasteiger partial charge is 0.483 e. The maximum absolute atomic E-state index is 12.1. The molecule has 1 aromatic rings. The molecule has 1 aliphatic heterocycles. The summed E-state index contributed by atoms with van der Waals surface area (Å²) in [5.74, 6) is 0.516. The summed E-state index contributed by atoms with van der Waals surface area (Å²) in [5.41, 5.74) is 0. The van der Waals surface area contributed by atoms with Gasteiger partial charge in [0.05, 0.1) is 6.33 Å². The number of nitrogens with zero attached hydrogens (tertiary/aromatic N) is 3. The summed E-state index contributed by atoms with van der Waals surface area (Å²) >= 11 is 0. The molecule has 2 heterocycles. The predicted molar refractivity (Wildman–Crippen MR) is 89.7 cm³/mol. The molecule has 0 radical (unpaired) electrons. The zero-order chi connectivity index (χ0) is 17.6. The summed E-state index contributed by atoms with van der Waals surface area (Å²) in [6.07, 6.45) is 8.73. The van der Waals surface area contributed by atoms with Crippen molar-refractivity contribution in [2.45, 2.75) is 32.7 Å². The lowest BCUT2D eigenvalue weighted by Gasteiger charge is -2.33. The molecule has 1 atom stereocenters. The second-order valence-electron chi connectivity index (χ2n) is 5.60. The molecule has 1 unspecified atom stereocenters. The highest BCUT2D eigenvalue weighted by atomic mass is 16.5. The average molecular weight is 340 g/mol. The first-order valence-corrected chi connectivity index (χ1v) is 8.35. The van der Waals surface area contributed by atoms with Crippen molar-refractivity contribution in [2.75, 3.05) is 32.8 Å². The Kier molecular flexibility index (Phi) is 10.3. The van der Waals surface area contributed by atoms with Gasteiger partial charge in [0.15, 0.2) is 0 Å². The van der Waals surface area contributed by atoms with E-state index in [4.69, 9.17) is 14.6 Å². The van der Waals surface area contributed by atoms with Gasteiger partial charge in [0.1, 0.15) is 0 Å². The summed E-state index contributed by atoms with van der Waals surface area (Å²) in [6, 6.07) is 0.0572. The smallest absolute Gasteiger partial charge is 0.317 e. The van der Waals surface area contributed by atoms with Gasteiger partial charge in [-0.1, -0.05) is 0 Å². The molecule has 8 nitrogen and oxygen atoms in total. The number of hydrogen-bond donors (Lipinski definition) is 2. The minimum atomic E-state index is -0.250. The summed E-state index contributed by atoms with van der Waals surface area (Å²) < 4.78 is 7.35. The van der Waals surface area contributed by atoms with E-state index in [-0.39, 0.29) is 12.5 Å². The van der Waals surface area contributed by atoms with E-state index >= 15 is 0 Å². The number of carboxylic acid groups (broad SMARTS) is 1. The van der Waals surface area contributed by atoms with Crippen molar-refractivity contribution >= 4 is 12.5 Å². The molecule has 0 aromatic carbocycles. The van der Waals surface area contributed by atoms with E-state index < -0.39 is 0 Å². The maximum atomic E-state index is 12.1. The number of amides is 2. The SMILES string of the molecule is CCOCCCNC(=O)N1CCCC(Cn2ccnc2)C1.O=CO. The fourth-order valence-corrected chi connectivity index (χ4v) is 2.72. The van der Waals surface area contributed by atoms with Gasteiger partial charge in [0.25, 0.3) is 6.47 Å². The first kappa shape index (κ1) is 20.0. The number of hydrogen-bond acceptors (Lipinski definition) is 4. The Labute approximate surface area is 142 Å². The van der Waals surface area contributed by atoms with Gasteiger partial charge < -0.3 is 24.6 Å². The lowest BCUT2D eigenvalue weighted by molar-refractivity contribution is -0.122. The second kappa shape index (κ2) is 12.3. The summed E-state index contributed by atoms with van der Waals surface area (Å²) in [7, 11) is 0. The minimum absolute atomic E-state index is 0.0572. The van der Waals surface area contributed by atoms with Crippen LogP contribution in [0.1, 0.15) is 26.2 Å². The van der Waals surface area contributed by atoms with E-state index in [2.05, 4.69) is 14.9 Å². The number of nitrogens with one attached hydrogen (secondary N) is 1. The van der Waals surface area contributed by atoms with Gasteiger partial charge in [-0.2, -0.15) is 0 Å². The van der Waals surface area contributed by atoms with Crippen molar-refractivity contribution < 1.29 is 19.4 Å². The minimum Gasteiger partial charge on any atom is -0.483 e. The quantitative estimate of drug-likeness (QED) is 0.578.